The molecule has 1 aromatic heterocycles. The molecule has 2 N–H and O–H groups in total. The van der Waals surface area contributed by atoms with Crippen molar-refractivity contribution in [2.24, 2.45) is 0 Å². The van der Waals surface area contributed by atoms with Gasteiger partial charge in [-0.15, -0.1) is 0 Å². The van der Waals surface area contributed by atoms with Gasteiger partial charge >= 0.3 is 0 Å². The number of hydrogen-bond donors (Lipinski definition) is 2. The van der Waals surface area contributed by atoms with E-state index in [1.165, 1.54) is 6.26 Å². The summed E-state index contributed by atoms with van der Waals surface area (Å²) >= 11 is 0. The molecular formula is C12H22N4O2S. The standard InChI is InChI=1S/C12H22N4O2S/c1-6-13-10-7-11(16-9(2)15-10)14-8-12(3,4)19(5,17)18/h7H,6,8H2,1-5H3,(H2,13,14,15,16). The second-order valence-corrected chi connectivity index (χ2v) is 7.75. The molecule has 0 bridgehead atoms. The molecule has 0 aromatic carbocycles. The van der Waals surface area contributed by atoms with E-state index in [0.717, 1.165) is 12.4 Å². The lowest BCUT2D eigenvalue weighted by atomic mass is 10.2. The van der Waals surface area contributed by atoms with Crippen molar-refractivity contribution in [1.29, 1.82) is 0 Å². The molecule has 19 heavy (non-hydrogen) atoms. The van der Waals surface area contributed by atoms with Gasteiger partial charge in [-0.05, 0) is 27.7 Å². The van der Waals surface area contributed by atoms with Gasteiger partial charge < -0.3 is 10.6 Å². The fourth-order valence-electron chi connectivity index (χ4n) is 1.36. The van der Waals surface area contributed by atoms with Gasteiger partial charge in [-0.25, -0.2) is 18.4 Å². The lowest BCUT2D eigenvalue weighted by Crippen LogP contribution is -2.38. The predicted octanol–water partition coefficient (Wildman–Crippen LogP) is 1.45. The summed E-state index contributed by atoms with van der Waals surface area (Å²) < 4.78 is 22.4. The molecule has 0 aliphatic rings. The molecule has 0 spiro atoms. The quantitative estimate of drug-likeness (QED) is 0.823. The molecule has 108 valence electrons. The van der Waals surface area contributed by atoms with Crippen molar-refractivity contribution in [2.75, 3.05) is 30.0 Å². The third-order valence-corrected chi connectivity index (χ3v) is 5.05. The van der Waals surface area contributed by atoms with Crippen LogP contribution in [0.2, 0.25) is 0 Å². The molecule has 7 heteroatoms. The maximum Gasteiger partial charge on any atom is 0.154 e. The Hall–Kier alpha value is -1.37. The number of aromatic nitrogens is 2. The van der Waals surface area contributed by atoms with Crippen molar-refractivity contribution in [3.8, 4) is 0 Å². The zero-order chi connectivity index (χ0) is 14.7. The fraction of sp³-hybridized carbons (Fsp3) is 0.667. The van der Waals surface area contributed by atoms with Crippen LogP contribution in [0.1, 0.15) is 26.6 Å². The van der Waals surface area contributed by atoms with E-state index in [2.05, 4.69) is 20.6 Å². The summed E-state index contributed by atoms with van der Waals surface area (Å²) in [5.74, 6) is 1.99. The Morgan fingerprint density at radius 3 is 2.21 bits per heavy atom. The number of nitrogens with zero attached hydrogens (tertiary/aromatic N) is 2. The highest BCUT2D eigenvalue weighted by Crippen LogP contribution is 2.17. The molecule has 0 saturated carbocycles. The van der Waals surface area contributed by atoms with Crippen LogP contribution in [0.3, 0.4) is 0 Å². The van der Waals surface area contributed by atoms with E-state index in [9.17, 15) is 8.42 Å². The Morgan fingerprint density at radius 1 is 1.21 bits per heavy atom. The number of anilines is 2. The van der Waals surface area contributed by atoms with Gasteiger partial charge in [0.25, 0.3) is 0 Å². The second-order valence-electron chi connectivity index (χ2n) is 5.10. The lowest BCUT2D eigenvalue weighted by Gasteiger charge is -2.23. The molecule has 6 nitrogen and oxygen atoms in total. The summed E-state index contributed by atoms with van der Waals surface area (Å²) in [6.45, 7) is 8.23. The number of sulfone groups is 1. The SMILES string of the molecule is CCNc1cc(NCC(C)(C)S(C)(=O)=O)nc(C)n1. The third kappa shape index (κ3) is 4.34. The zero-order valence-corrected chi connectivity index (χ0v) is 12.9. The van der Waals surface area contributed by atoms with Crippen LogP contribution in [-0.2, 0) is 9.84 Å². The normalized spacial score (nSPS) is 12.3. The van der Waals surface area contributed by atoms with E-state index in [1.807, 2.05) is 6.92 Å². The molecule has 0 saturated heterocycles. The maximum atomic E-state index is 11.6. The molecule has 0 aliphatic heterocycles. The molecule has 0 fully saturated rings. The van der Waals surface area contributed by atoms with Crippen molar-refractivity contribution < 1.29 is 8.42 Å². The van der Waals surface area contributed by atoms with E-state index >= 15 is 0 Å². The summed E-state index contributed by atoms with van der Waals surface area (Å²) in [7, 11) is -3.12. The highest BCUT2D eigenvalue weighted by molar-refractivity contribution is 7.92. The first-order valence-electron chi connectivity index (χ1n) is 6.19. The van der Waals surface area contributed by atoms with Crippen molar-refractivity contribution >= 4 is 21.5 Å². The first kappa shape index (κ1) is 15.7. The van der Waals surface area contributed by atoms with Gasteiger partial charge in [-0.3, -0.25) is 0 Å². The van der Waals surface area contributed by atoms with Gasteiger partial charge in [0, 0.05) is 25.4 Å². The zero-order valence-electron chi connectivity index (χ0n) is 12.1. The van der Waals surface area contributed by atoms with Gasteiger partial charge in [0.2, 0.25) is 0 Å². The van der Waals surface area contributed by atoms with Crippen LogP contribution in [0.15, 0.2) is 6.07 Å². The van der Waals surface area contributed by atoms with Crippen molar-refractivity contribution in [3.05, 3.63) is 11.9 Å². The summed E-state index contributed by atoms with van der Waals surface area (Å²) in [5.41, 5.74) is 0. The predicted molar refractivity (Wildman–Crippen MR) is 78.3 cm³/mol. The molecule has 1 rings (SSSR count). The molecule has 0 aliphatic carbocycles. The molecule has 0 atom stereocenters. The smallest absolute Gasteiger partial charge is 0.154 e. The fourth-order valence-corrected chi connectivity index (χ4v) is 1.70. The van der Waals surface area contributed by atoms with Crippen molar-refractivity contribution in [2.45, 2.75) is 32.4 Å². The average molecular weight is 286 g/mol. The highest BCUT2D eigenvalue weighted by Gasteiger charge is 2.29. The summed E-state index contributed by atoms with van der Waals surface area (Å²) in [6, 6.07) is 1.77. The van der Waals surface area contributed by atoms with E-state index < -0.39 is 14.6 Å². The Labute approximate surface area is 115 Å². The van der Waals surface area contributed by atoms with Gasteiger partial charge in [0.15, 0.2) is 9.84 Å². The molecule has 1 heterocycles. The van der Waals surface area contributed by atoms with E-state index in [0.29, 0.717) is 18.2 Å². The summed E-state index contributed by atoms with van der Waals surface area (Å²) in [5, 5.41) is 6.17. The monoisotopic (exact) mass is 286 g/mol. The molecule has 0 amide bonds. The lowest BCUT2D eigenvalue weighted by molar-refractivity contribution is 0.559. The van der Waals surface area contributed by atoms with Crippen molar-refractivity contribution in [1.82, 2.24) is 9.97 Å². The van der Waals surface area contributed by atoms with Crippen LogP contribution in [0.5, 0.6) is 0 Å². The number of nitrogens with one attached hydrogen (secondary N) is 2. The third-order valence-electron chi connectivity index (χ3n) is 2.89. The number of rotatable bonds is 6. The minimum Gasteiger partial charge on any atom is -0.370 e. The first-order chi connectivity index (χ1) is 8.65. The largest absolute Gasteiger partial charge is 0.370 e. The first-order valence-corrected chi connectivity index (χ1v) is 8.08. The summed E-state index contributed by atoms with van der Waals surface area (Å²) in [6.07, 6.45) is 1.24. The average Bonchev–Trinajstić information content (AvgIpc) is 2.25. The number of hydrogen-bond acceptors (Lipinski definition) is 6. The summed E-state index contributed by atoms with van der Waals surface area (Å²) in [4.78, 5) is 8.48. The molecule has 0 radical (unpaired) electrons. The van der Waals surface area contributed by atoms with E-state index in [4.69, 9.17) is 0 Å². The van der Waals surface area contributed by atoms with Crippen LogP contribution in [0.25, 0.3) is 0 Å². The molecular weight excluding hydrogens is 264 g/mol. The Balaban J connectivity index is 2.83. The second kappa shape index (κ2) is 5.73. The minimum absolute atomic E-state index is 0.299. The Kier molecular flexibility index (Phi) is 4.73. The Bertz CT molecular complexity index is 541. The van der Waals surface area contributed by atoms with Crippen LogP contribution >= 0.6 is 0 Å². The van der Waals surface area contributed by atoms with E-state index in [1.54, 1.807) is 26.8 Å². The van der Waals surface area contributed by atoms with Crippen LogP contribution in [0.4, 0.5) is 11.6 Å². The maximum absolute atomic E-state index is 11.6. The van der Waals surface area contributed by atoms with Crippen molar-refractivity contribution in [3.63, 3.8) is 0 Å². The molecule has 0 unspecified atom stereocenters. The van der Waals surface area contributed by atoms with Gasteiger partial charge in [-0.2, -0.15) is 0 Å². The van der Waals surface area contributed by atoms with Crippen LogP contribution in [0, 0.1) is 6.92 Å². The van der Waals surface area contributed by atoms with Gasteiger partial charge in [0.05, 0.1) is 4.75 Å². The van der Waals surface area contributed by atoms with E-state index in [-0.39, 0.29) is 0 Å². The Morgan fingerprint density at radius 2 is 1.74 bits per heavy atom. The molecule has 1 aromatic rings. The number of aryl methyl sites for hydroxylation is 1. The topological polar surface area (TPSA) is 84.0 Å². The van der Waals surface area contributed by atoms with Crippen LogP contribution in [-0.4, -0.2) is 42.5 Å². The van der Waals surface area contributed by atoms with Gasteiger partial charge in [0.1, 0.15) is 17.5 Å². The highest BCUT2D eigenvalue weighted by atomic mass is 32.2. The minimum atomic E-state index is -3.12. The van der Waals surface area contributed by atoms with Gasteiger partial charge in [-0.1, -0.05) is 0 Å². The van der Waals surface area contributed by atoms with Crippen LogP contribution < -0.4 is 10.6 Å².